The van der Waals surface area contributed by atoms with Gasteiger partial charge in [-0.2, -0.15) is 0 Å². The minimum atomic E-state index is -0.0916. The lowest BCUT2D eigenvalue weighted by Gasteiger charge is -2.17. The lowest BCUT2D eigenvalue weighted by atomic mass is 9.99. The number of hydrogen-bond donors (Lipinski definition) is 3. The van der Waals surface area contributed by atoms with Crippen LogP contribution in [0.2, 0.25) is 0 Å². The molecule has 0 saturated heterocycles. The highest BCUT2D eigenvalue weighted by molar-refractivity contribution is 5.96. The molecule has 1 aromatic carbocycles. The molecule has 1 amide bonds. The van der Waals surface area contributed by atoms with E-state index < -0.39 is 0 Å². The Kier molecular flexibility index (Phi) is 6.91. The highest BCUT2D eigenvalue weighted by atomic mass is 16.1. The van der Waals surface area contributed by atoms with Gasteiger partial charge in [-0.25, -0.2) is 0 Å². The Balaban J connectivity index is 2.68. The fraction of sp³-hybridized carbons (Fsp3) is 0.562. The molecular weight excluding hydrogens is 250 g/mol. The van der Waals surface area contributed by atoms with Gasteiger partial charge >= 0.3 is 0 Å². The fourth-order valence-corrected chi connectivity index (χ4v) is 2.19. The first-order valence-electron chi connectivity index (χ1n) is 7.47. The maximum atomic E-state index is 11.6. The smallest absolute Gasteiger partial charge is 0.251 e. The van der Waals surface area contributed by atoms with Gasteiger partial charge in [0.05, 0.1) is 11.4 Å². The van der Waals surface area contributed by atoms with E-state index in [0.717, 1.165) is 18.7 Å². The van der Waals surface area contributed by atoms with Crippen LogP contribution in [0.3, 0.4) is 0 Å². The topological polar surface area (TPSA) is 67.2 Å². The number of unbranched alkanes of at least 4 members (excludes halogenated alkanes) is 1. The fourth-order valence-electron chi connectivity index (χ4n) is 2.19. The summed E-state index contributed by atoms with van der Waals surface area (Å²) in [4.78, 5) is 11.6. The van der Waals surface area contributed by atoms with Gasteiger partial charge in [-0.15, -0.1) is 0 Å². The first-order valence-corrected chi connectivity index (χ1v) is 7.47. The van der Waals surface area contributed by atoms with Gasteiger partial charge in [0.15, 0.2) is 0 Å². The Morgan fingerprint density at radius 3 is 2.70 bits per heavy atom. The zero-order chi connectivity index (χ0) is 15.0. The molecule has 4 N–H and O–H groups in total. The summed E-state index contributed by atoms with van der Waals surface area (Å²) < 4.78 is 0. The molecular formula is C16H27N3O. The van der Waals surface area contributed by atoms with Crippen molar-refractivity contribution < 1.29 is 4.79 Å². The molecule has 0 aromatic heterocycles. The summed E-state index contributed by atoms with van der Waals surface area (Å²) in [6.07, 6.45) is 4.87. The van der Waals surface area contributed by atoms with Crippen molar-refractivity contribution in [2.45, 2.75) is 39.5 Å². The first-order chi connectivity index (χ1) is 9.62. The van der Waals surface area contributed by atoms with E-state index in [0.29, 0.717) is 17.2 Å². The number of carbonyl (C=O) groups excluding carboxylic acids is 1. The minimum Gasteiger partial charge on any atom is -0.397 e. The van der Waals surface area contributed by atoms with Crippen LogP contribution in [0.15, 0.2) is 18.2 Å². The molecule has 112 valence electrons. The summed E-state index contributed by atoms with van der Waals surface area (Å²) in [5.74, 6) is 0.559. The third-order valence-electron chi connectivity index (χ3n) is 3.67. The number of benzene rings is 1. The number of rotatable bonds is 8. The summed E-state index contributed by atoms with van der Waals surface area (Å²) in [5.41, 5.74) is 8.13. The van der Waals surface area contributed by atoms with Crippen LogP contribution in [0.5, 0.6) is 0 Å². The average molecular weight is 277 g/mol. The molecule has 0 aliphatic heterocycles. The molecule has 0 spiro atoms. The SMILES string of the molecule is CCCCC(CC)CNc1cc(C(=O)NC)ccc1N. The molecule has 0 bridgehead atoms. The molecule has 4 nitrogen and oxygen atoms in total. The van der Waals surface area contributed by atoms with Crippen molar-refractivity contribution in [2.75, 3.05) is 24.6 Å². The molecule has 0 radical (unpaired) electrons. The lowest BCUT2D eigenvalue weighted by molar-refractivity contribution is 0.0963. The minimum absolute atomic E-state index is 0.0916. The van der Waals surface area contributed by atoms with Crippen molar-refractivity contribution in [2.24, 2.45) is 5.92 Å². The maximum Gasteiger partial charge on any atom is 0.251 e. The Morgan fingerprint density at radius 1 is 1.35 bits per heavy atom. The van der Waals surface area contributed by atoms with Crippen molar-refractivity contribution in [3.63, 3.8) is 0 Å². The molecule has 0 aliphatic rings. The quantitative estimate of drug-likeness (QED) is 0.639. The number of nitrogens with two attached hydrogens (primary N) is 1. The third kappa shape index (κ3) is 4.76. The van der Waals surface area contributed by atoms with E-state index in [1.165, 1.54) is 19.3 Å². The van der Waals surface area contributed by atoms with E-state index >= 15 is 0 Å². The summed E-state index contributed by atoms with van der Waals surface area (Å²) in [7, 11) is 1.63. The Hall–Kier alpha value is -1.71. The summed E-state index contributed by atoms with van der Waals surface area (Å²) in [5, 5.41) is 6.01. The molecule has 1 atom stereocenters. The zero-order valence-electron chi connectivity index (χ0n) is 12.8. The average Bonchev–Trinajstić information content (AvgIpc) is 2.48. The van der Waals surface area contributed by atoms with Gasteiger partial charge in [0.1, 0.15) is 0 Å². The van der Waals surface area contributed by atoms with E-state index in [9.17, 15) is 4.79 Å². The van der Waals surface area contributed by atoms with Crippen LogP contribution in [0.1, 0.15) is 49.9 Å². The van der Waals surface area contributed by atoms with Crippen molar-refractivity contribution in [1.82, 2.24) is 5.32 Å². The normalized spacial score (nSPS) is 11.9. The van der Waals surface area contributed by atoms with Gasteiger partial charge in [0, 0.05) is 19.2 Å². The van der Waals surface area contributed by atoms with Crippen LogP contribution >= 0.6 is 0 Å². The van der Waals surface area contributed by atoms with Crippen LogP contribution < -0.4 is 16.4 Å². The number of anilines is 2. The number of amides is 1. The van der Waals surface area contributed by atoms with Gasteiger partial charge in [0.2, 0.25) is 0 Å². The molecule has 0 aliphatic carbocycles. The number of hydrogen-bond acceptors (Lipinski definition) is 3. The van der Waals surface area contributed by atoms with Crippen molar-refractivity contribution in [3.05, 3.63) is 23.8 Å². The Labute approximate surface area is 122 Å². The number of nitrogen functional groups attached to an aromatic ring is 1. The highest BCUT2D eigenvalue weighted by Crippen LogP contribution is 2.22. The van der Waals surface area contributed by atoms with Gasteiger partial charge in [-0.3, -0.25) is 4.79 Å². The second-order valence-corrected chi connectivity index (χ2v) is 5.18. The zero-order valence-corrected chi connectivity index (χ0v) is 12.8. The summed E-state index contributed by atoms with van der Waals surface area (Å²) >= 11 is 0. The van der Waals surface area contributed by atoms with Crippen molar-refractivity contribution in [3.8, 4) is 0 Å². The maximum absolute atomic E-state index is 11.6. The predicted octanol–water partition coefficient (Wildman–Crippen LogP) is 3.26. The molecule has 20 heavy (non-hydrogen) atoms. The van der Waals surface area contributed by atoms with E-state index in [1.807, 2.05) is 6.07 Å². The van der Waals surface area contributed by atoms with Crippen molar-refractivity contribution >= 4 is 17.3 Å². The molecule has 1 unspecified atom stereocenters. The summed E-state index contributed by atoms with van der Waals surface area (Å²) in [6, 6.07) is 5.34. The molecule has 4 heteroatoms. The van der Waals surface area contributed by atoms with Crippen LogP contribution in [0.4, 0.5) is 11.4 Å². The van der Waals surface area contributed by atoms with E-state index in [1.54, 1.807) is 19.2 Å². The second kappa shape index (κ2) is 8.46. The standard InChI is InChI=1S/C16H27N3O/c1-4-6-7-12(5-2)11-19-15-10-13(16(20)18-3)8-9-14(15)17/h8-10,12,19H,4-7,11,17H2,1-3H3,(H,18,20). The van der Waals surface area contributed by atoms with E-state index in [4.69, 9.17) is 5.73 Å². The summed E-state index contributed by atoms with van der Waals surface area (Å²) in [6.45, 7) is 5.33. The van der Waals surface area contributed by atoms with E-state index in [-0.39, 0.29) is 5.91 Å². The molecule has 0 saturated carbocycles. The van der Waals surface area contributed by atoms with Gasteiger partial charge < -0.3 is 16.4 Å². The Bertz CT molecular complexity index is 432. The van der Waals surface area contributed by atoms with Gasteiger partial charge in [0.25, 0.3) is 5.91 Å². The van der Waals surface area contributed by atoms with Crippen LogP contribution in [0, 0.1) is 5.92 Å². The lowest BCUT2D eigenvalue weighted by Crippen LogP contribution is -2.19. The second-order valence-electron chi connectivity index (χ2n) is 5.18. The molecule has 1 rings (SSSR count). The Morgan fingerprint density at radius 2 is 2.10 bits per heavy atom. The van der Waals surface area contributed by atoms with Gasteiger partial charge in [-0.1, -0.05) is 33.1 Å². The highest BCUT2D eigenvalue weighted by Gasteiger charge is 2.09. The van der Waals surface area contributed by atoms with Crippen LogP contribution in [0.25, 0.3) is 0 Å². The van der Waals surface area contributed by atoms with E-state index in [2.05, 4.69) is 24.5 Å². The molecule has 0 heterocycles. The van der Waals surface area contributed by atoms with Gasteiger partial charge in [-0.05, 0) is 30.5 Å². The van der Waals surface area contributed by atoms with Crippen molar-refractivity contribution in [1.29, 1.82) is 0 Å². The molecule has 0 fully saturated rings. The number of carbonyl (C=O) groups is 1. The largest absolute Gasteiger partial charge is 0.397 e. The number of nitrogens with one attached hydrogen (secondary N) is 2. The first kappa shape index (κ1) is 16.3. The monoisotopic (exact) mass is 277 g/mol. The van der Waals surface area contributed by atoms with Crippen LogP contribution in [-0.4, -0.2) is 19.5 Å². The predicted molar refractivity (Wildman–Crippen MR) is 86.0 cm³/mol. The molecule has 1 aromatic rings. The third-order valence-corrected chi connectivity index (χ3v) is 3.67. The van der Waals surface area contributed by atoms with Crippen LogP contribution in [-0.2, 0) is 0 Å².